The molecule has 0 bridgehead atoms. The maximum absolute atomic E-state index is 9.08. The average Bonchev–Trinajstić information content (AvgIpc) is 2.64. The van der Waals surface area contributed by atoms with E-state index in [2.05, 4.69) is 29.4 Å². The quantitative estimate of drug-likeness (QED) is 0.612. The molecule has 0 unspecified atom stereocenters. The zero-order valence-electron chi connectivity index (χ0n) is 10.5. The lowest BCUT2D eigenvalue weighted by molar-refractivity contribution is 0.157. The number of H-pyrrole nitrogens is 1. The predicted molar refractivity (Wildman–Crippen MR) is 65.4 cm³/mol. The van der Waals surface area contributed by atoms with Crippen molar-refractivity contribution in [3.8, 4) is 0 Å². The van der Waals surface area contributed by atoms with Crippen LogP contribution in [0.2, 0.25) is 0 Å². The van der Waals surface area contributed by atoms with E-state index in [1.54, 1.807) is 0 Å². The number of aliphatic hydroxyl groups excluding tert-OH is 1. The molecule has 0 aromatic carbocycles. The third kappa shape index (κ3) is 4.33. The minimum Gasteiger partial charge on any atom is -0.396 e. The van der Waals surface area contributed by atoms with Gasteiger partial charge in [-0.15, -0.1) is 0 Å². The summed E-state index contributed by atoms with van der Waals surface area (Å²) in [6.07, 6.45) is 4.05. The van der Waals surface area contributed by atoms with Crippen molar-refractivity contribution < 1.29 is 5.11 Å². The summed E-state index contributed by atoms with van der Waals surface area (Å²) >= 11 is 0. The Morgan fingerprint density at radius 2 is 2.25 bits per heavy atom. The van der Waals surface area contributed by atoms with E-state index in [1.165, 1.54) is 5.56 Å². The standard InChI is InChI=1S/C12H23N3O/c1-10-11(7-14-15-10)5-4-6-13-8-12(2,3)9-16/h7,13,16H,4-6,8-9H2,1-3H3,(H,14,15). The minimum atomic E-state index is -0.0223. The van der Waals surface area contributed by atoms with Crippen molar-refractivity contribution in [3.05, 3.63) is 17.5 Å². The SMILES string of the molecule is Cc1[nH]ncc1CCCNCC(C)(C)CO. The molecule has 4 nitrogen and oxygen atoms in total. The van der Waals surface area contributed by atoms with Crippen LogP contribution in [0.4, 0.5) is 0 Å². The lowest BCUT2D eigenvalue weighted by Crippen LogP contribution is -2.32. The van der Waals surface area contributed by atoms with Crippen molar-refractivity contribution in [3.63, 3.8) is 0 Å². The first-order valence-corrected chi connectivity index (χ1v) is 5.85. The number of aryl methyl sites for hydroxylation is 2. The number of aromatic nitrogens is 2. The van der Waals surface area contributed by atoms with E-state index in [-0.39, 0.29) is 12.0 Å². The van der Waals surface area contributed by atoms with E-state index in [4.69, 9.17) is 5.11 Å². The van der Waals surface area contributed by atoms with E-state index in [0.29, 0.717) is 0 Å². The van der Waals surface area contributed by atoms with E-state index in [0.717, 1.165) is 31.6 Å². The molecule has 0 atom stereocenters. The second kappa shape index (κ2) is 6.01. The first-order valence-electron chi connectivity index (χ1n) is 5.85. The van der Waals surface area contributed by atoms with Crippen LogP contribution in [-0.2, 0) is 6.42 Å². The molecule has 0 spiro atoms. The molecule has 0 aliphatic heterocycles. The van der Waals surface area contributed by atoms with Crippen molar-refractivity contribution in [2.24, 2.45) is 5.41 Å². The van der Waals surface area contributed by atoms with Crippen molar-refractivity contribution in [2.45, 2.75) is 33.6 Å². The molecule has 0 amide bonds. The van der Waals surface area contributed by atoms with Crippen LogP contribution in [-0.4, -0.2) is 35.0 Å². The Balaban J connectivity index is 2.11. The van der Waals surface area contributed by atoms with Gasteiger partial charge in [0.25, 0.3) is 0 Å². The van der Waals surface area contributed by atoms with Crippen molar-refractivity contribution in [2.75, 3.05) is 19.7 Å². The number of hydrogen-bond acceptors (Lipinski definition) is 3. The Morgan fingerprint density at radius 1 is 1.50 bits per heavy atom. The predicted octanol–water partition coefficient (Wildman–Crippen LogP) is 1.26. The molecular weight excluding hydrogens is 202 g/mol. The molecule has 0 saturated heterocycles. The molecule has 0 saturated carbocycles. The summed E-state index contributed by atoms with van der Waals surface area (Å²) in [5.74, 6) is 0. The fraction of sp³-hybridized carbons (Fsp3) is 0.750. The van der Waals surface area contributed by atoms with E-state index < -0.39 is 0 Å². The summed E-state index contributed by atoms with van der Waals surface area (Å²) in [7, 11) is 0. The molecular formula is C12H23N3O. The van der Waals surface area contributed by atoms with Gasteiger partial charge in [-0.05, 0) is 31.9 Å². The van der Waals surface area contributed by atoms with Crippen molar-refractivity contribution in [1.82, 2.24) is 15.5 Å². The fourth-order valence-electron chi connectivity index (χ4n) is 1.51. The molecule has 1 aromatic rings. The van der Waals surface area contributed by atoms with Crippen LogP contribution in [0.25, 0.3) is 0 Å². The summed E-state index contributed by atoms with van der Waals surface area (Å²) in [6, 6.07) is 0. The van der Waals surface area contributed by atoms with Crippen LogP contribution in [0.5, 0.6) is 0 Å². The summed E-state index contributed by atoms with van der Waals surface area (Å²) in [6.45, 7) is 8.22. The van der Waals surface area contributed by atoms with Crippen molar-refractivity contribution >= 4 is 0 Å². The van der Waals surface area contributed by atoms with Gasteiger partial charge in [0.15, 0.2) is 0 Å². The molecule has 3 N–H and O–H groups in total. The molecule has 1 heterocycles. The minimum absolute atomic E-state index is 0.0223. The maximum Gasteiger partial charge on any atom is 0.0522 e. The van der Waals surface area contributed by atoms with Gasteiger partial charge in [-0.2, -0.15) is 5.10 Å². The normalized spacial score (nSPS) is 12.0. The Bertz CT molecular complexity index is 307. The summed E-state index contributed by atoms with van der Waals surface area (Å²) < 4.78 is 0. The first kappa shape index (κ1) is 13.2. The van der Waals surface area contributed by atoms with Crippen LogP contribution in [0, 0.1) is 12.3 Å². The highest BCUT2D eigenvalue weighted by molar-refractivity contribution is 5.14. The smallest absolute Gasteiger partial charge is 0.0522 e. The van der Waals surface area contributed by atoms with E-state index in [9.17, 15) is 0 Å². The molecule has 92 valence electrons. The average molecular weight is 225 g/mol. The highest BCUT2D eigenvalue weighted by Crippen LogP contribution is 2.11. The number of rotatable bonds is 7. The zero-order valence-corrected chi connectivity index (χ0v) is 10.5. The zero-order chi connectivity index (χ0) is 12.0. The Morgan fingerprint density at radius 3 is 2.81 bits per heavy atom. The Hall–Kier alpha value is -0.870. The van der Waals surface area contributed by atoms with Crippen LogP contribution in [0.3, 0.4) is 0 Å². The van der Waals surface area contributed by atoms with Gasteiger partial charge in [0.2, 0.25) is 0 Å². The number of aromatic amines is 1. The summed E-state index contributed by atoms with van der Waals surface area (Å²) in [4.78, 5) is 0. The summed E-state index contributed by atoms with van der Waals surface area (Å²) in [5, 5.41) is 19.4. The lowest BCUT2D eigenvalue weighted by atomic mass is 9.95. The highest BCUT2D eigenvalue weighted by atomic mass is 16.3. The topological polar surface area (TPSA) is 60.9 Å². The van der Waals surface area contributed by atoms with Gasteiger partial charge in [-0.1, -0.05) is 13.8 Å². The first-order chi connectivity index (χ1) is 7.55. The Kier molecular flexibility index (Phi) is 4.96. The van der Waals surface area contributed by atoms with Gasteiger partial charge >= 0.3 is 0 Å². The molecule has 16 heavy (non-hydrogen) atoms. The van der Waals surface area contributed by atoms with E-state index in [1.807, 2.05) is 13.1 Å². The second-order valence-electron chi connectivity index (χ2n) is 5.12. The van der Waals surface area contributed by atoms with Gasteiger partial charge in [0.05, 0.1) is 6.20 Å². The largest absolute Gasteiger partial charge is 0.396 e. The Labute approximate surface area is 97.5 Å². The van der Waals surface area contributed by atoms with Gasteiger partial charge < -0.3 is 10.4 Å². The molecule has 0 aliphatic rings. The molecule has 0 fully saturated rings. The maximum atomic E-state index is 9.08. The van der Waals surface area contributed by atoms with Crippen LogP contribution in [0.1, 0.15) is 31.5 Å². The second-order valence-corrected chi connectivity index (χ2v) is 5.12. The number of nitrogens with one attached hydrogen (secondary N) is 2. The molecule has 1 aromatic heterocycles. The molecule has 0 radical (unpaired) electrons. The van der Waals surface area contributed by atoms with Gasteiger partial charge in [0, 0.05) is 24.3 Å². The van der Waals surface area contributed by atoms with E-state index >= 15 is 0 Å². The fourth-order valence-corrected chi connectivity index (χ4v) is 1.51. The number of nitrogens with zero attached hydrogens (tertiary/aromatic N) is 1. The van der Waals surface area contributed by atoms with Crippen LogP contribution >= 0.6 is 0 Å². The highest BCUT2D eigenvalue weighted by Gasteiger charge is 2.14. The van der Waals surface area contributed by atoms with Crippen LogP contribution < -0.4 is 5.32 Å². The molecule has 1 rings (SSSR count). The number of aliphatic hydroxyl groups is 1. The van der Waals surface area contributed by atoms with Crippen LogP contribution in [0.15, 0.2) is 6.20 Å². The lowest BCUT2D eigenvalue weighted by Gasteiger charge is -2.21. The monoisotopic (exact) mass is 225 g/mol. The van der Waals surface area contributed by atoms with Gasteiger partial charge in [-0.3, -0.25) is 5.10 Å². The molecule has 4 heteroatoms. The number of hydrogen-bond donors (Lipinski definition) is 3. The van der Waals surface area contributed by atoms with Crippen molar-refractivity contribution in [1.29, 1.82) is 0 Å². The molecule has 0 aliphatic carbocycles. The third-order valence-electron chi connectivity index (χ3n) is 2.77. The third-order valence-corrected chi connectivity index (χ3v) is 2.77. The van der Waals surface area contributed by atoms with Gasteiger partial charge in [-0.25, -0.2) is 0 Å². The van der Waals surface area contributed by atoms with Gasteiger partial charge in [0.1, 0.15) is 0 Å². The summed E-state index contributed by atoms with van der Waals surface area (Å²) in [5.41, 5.74) is 2.44.